The van der Waals surface area contributed by atoms with E-state index in [9.17, 15) is 4.79 Å². The lowest BCUT2D eigenvalue weighted by Gasteiger charge is -2.09. The Bertz CT molecular complexity index is 472. The third-order valence-electron chi connectivity index (χ3n) is 1.94. The minimum atomic E-state index is -0.503. The molecule has 0 aliphatic carbocycles. The van der Waals surface area contributed by atoms with E-state index >= 15 is 0 Å². The minimum absolute atomic E-state index is 0.173. The summed E-state index contributed by atoms with van der Waals surface area (Å²) >= 11 is 0. The monoisotopic (exact) mass is 231 g/mol. The van der Waals surface area contributed by atoms with Gasteiger partial charge in [0.2, 0.25) is 5.91 Å². The molecule has 1 aromatic rings. The molecule has 2 N–H and O–H groups in total. The zero-order chi connectivity index (χ0) is 12.7. The third kappa shape index (κ3) is 3.92. The lowest BCUT2D eigenvalue weighted by Crippen LogP contribution is -2.05. The second-order valence-electron chi connectivity index (χ2n) is 3.14. The van der Waals surface area contributed by atoms with Crippen LogP contribution in [-0.4, -0.2) is 19.6 Å². The highest BCUT2D eigenvalue weighted by atomic mass is 16.5. The molecule has 17 heavy (non-hydrogen) atoms. The largest absolute Gasteiger partial charge is 0.493 e. The van der Waals surface area contributed by atoms with Crippen molar-refractivity contribution in [3.8, 4) is 23.8 Å². The van der Waals surface area contributed by atoms with Crippen LogP contribution in [0.15, 0.2) is 24.3 Å². The molecule has 0 saturated carbocycles. The number of primary amides is 1. The van der Waals surface area contributed by atoms with Crippen molar-refractivity contribution in [2.45, 2.75) is 0 Å². The summed E-state index contributed by atoms with van der Waals surface area (Å²) in [5.41, 5.74) is 5.79. The van der Waals surface area contributed by atoms with Crippen LogP contribution in [0.3, 0.4) is 0 Å². The Labute approximate surface area is 100 Å². The standard InChI is InChI=1S/C13H13NO3/c1-3-8-17-11-6-4-10(5-7-13(14)15)9-12(11)16-2/h1,4-7,9H,8H2,2H3,(H2,14,15)/b7-5-. The van der Waals surface area contributed by atoms with Gasteiger partial charge >= 0.3 is 0 Å². The maximum Gasteiger partial charge on any atom is 0.241 e. The second kappa shape index (κ2) is 6.23. The Balaban J connectivity index is 2.92. The molecule has 0 heterocycles. The molecule has 1 rings (SSSR count). The van der Waals surface area contributed by atoms with Crippen LogP contribution in [0.25, 0.3) is 6.08 Å². The predicted molar refractivity (Wildman–Crippen MR) is 65.6 cm³/mol. The van der Waals surface area contributed by atoms with Crippen molar-refractivity contribution < 1.29 is 14.3 Å². The van der Waals surface area contributed by atoms with Gasteiger partial charge in [0.15, 0.2) is 11.5 Å². The maximum absolute atomic E-state index is 10.6. The lowest BCUT2D eigenvalue weighted by atomic mass is 10.2. The minimum Gasteiger partial charge on any atom is -0.493 e. The highest BCUT2D eigenvalue weighted by molar-refractivity contribution is 5.90. The number of terminal acetylenes is 1. The highest BCUT2D eigenvalue weighted by Crippen LogP contribution is 2.28. The van der Waals surface area contributed by atoms with Crippen LogP contribution in [0, 0.1) is 12.3 Å². The molecule has 88 valence electrons. The fraction of sp³-hybridized carbons (Fsp3) is 0.154. The van der Waals surface area contributed by atoms with E-state index in [1.807, 2.05) is 0 Å². The number of methoxy groups -OCH3 is 1. The molecule has 0 aliphatic rings. The summed E-state index contributed by atoms with van der Waals surface area (Å²) in [5.74, 6) is 2.97. The first-order valence-corrected chi connectivity index (χ1v) is 4.89. The van der Waals surface area contributed by atoms with E-state index in [0.29, 0.717) is 11.5 Å². The third-order valence-corrected chi connectivity index (χ3v) is 1.94. The molecule has 0 aromatic heterocycles. The molecule has 1 amide bonds. The summed E-state index contributed by atoms with van der Waals surface area (Å²) in [6.07, 6.45) is 7.97. The lowest BCUT2D eigenvalue weighted by molar-refractivity contribution is -0.113. The molecule has 0 radical (unpaired) electrons. The number of benzene rings is 1. The second-order valence-corrected chi connectivity index (χ2v) is 3.14. The van der Waals surface area contributed by atoms with E-state index in [4.69, 9.17) is 21.6 Å². The van der Waals surface area contributed by atoms with E-state index in [1.54, 1.807) is 24.3 Å². The van der Waals surface area contributed by atoms with Crippen LogP contribution in [0.2, 0.25) is 0 Å². The normalized spacial score (nSPS) is 9.88. The van der Waals surface area contributed by atoms with Gasteiger partial charge in [-0.3, -0.25) is 4.79 Å². The van der Waals surface area contributed by atoms with E-state index in [1.165, 1.54) is 13.2 Å². The Morgan fingerprint density at radius 3 is 2.88 bits per heavy atom. The summed E-state index contributed by atoms with van der Waals surface area (Å²) in [5, 5.41) is 0. The molecule has 4 nitrogen and oxygen atoms in total. The Hall–Kier alpha value is -2.41. The molecule has 0 unspecified atom stereocenters. The molecule has 0 atom stereocenters. The SMILES string of the molecule is C#CCOc1ccc(/C=C\C(N)=O)cc1OC. The van der Waals surface area contributed by atoms with Gasteiger partial charge in [-0.1, -0.05) is 12.0 Å². The number of carbonyl (C=O) groups excluding carboxylic acids is 1. The van der Waals surface area contributed by atoms with Crippen molar-refractivity contribution in [1.82, 2.24) is 0 Å². The van der Waals surface area contributed by atoms with Crippen molar-refractivity contribution >= 4 is 12.0 Å². The van der Waals surface area contributed by atoms with Crippen molar-refractivity contribution in [1.29, 1.82) is 0 Å². The Morgan fingerprint density at radius 1 is 1.53 bits per heavy atom. The van der Waals surface area contributed by atoms with Crippen LogP contribution in [0.5, 0.6) is 11.5 Å². The average Bonchev–Trinajstić information content (AvgIpc) is 2.34. The number of hydrogen-bond donors (Lipinski definition) is 1. The molecule has 0 aliphatic heterocycles. The average molecular weight is 231 g/mol. The highest BCUT2D eigenvalue weighted by Gasteiger charge is 2.03. The molecule has 0 bridgehead atoms. The molecular formula is C13H13NO3. The van der Waals surface area contributed by atoms with Crippen molar-refractivity contribution in [2.75, 3.05) is 13.7 Å². The van der Waals surface area contributed by atoms with Crippen LogP contribution in [0.1, 0.15) is 5.56 Å². The van der Waals surface area contributed by atoms with Crippen molar-refractivity contribution in [3.63, 3.8) is 0 Å². The fourth-order valence-corrected chi connectivity index (χ4v) is 1.20. The van der Waals surface area contributed by atoms with Gasteiger partial charge < -0.3 is 15.2 Å². The molecule has 0 spiro atoms. The number of ether oxygens (including phenoxy) is 2. The zero-order valence-electron chi connectivity index (χ0n) is 9.47. The Morgan fingerprint density at radius 2 is 2.29 bits per heavy atom. The number of nitrogens with two attached hydrogens (primary N) is 1. The predicted octanol–water partition coefficient (Wildman–Crippen LogP) is 1.21. The topological polar surface area (TPSA) is 61.5 Å². The van der Waals surface area contributed by atoms with E-state index in [2.05, 4.69) is 5.92 Å². The summed E-state index contributed by atoms with van der Waals surface area (Å²) < 4.78 is 10.4. The quantitative estimate of drug-likeness (QED) is 0.612. The van der Waals surface area contributed by atoms with E-state index in [0.717, 1.165) is 5.56 Å². The summed E-state index contributed by atoms with van der Waals surface area (Å²) in [4.78, 5) is 10.6. The summed E-state index contributed by atoms with van der Waals surface area (Å²) in [6.45, 7) is 0.173. The first kappa shape index (κ1) is 12.7. The first-order chi connectivity index (χ1) is 8.17. The smallest absolute Gasteiger partial charge is 0.241 e. The van der Waals surface area contributed by atoms with Crippen LogP contribution in [0.4, 0.5) is 0 Å². The fourth-order valence-electron chi connectivity index (χ4n) is 1.20. The maximum atomic E-state index is 10.6. The Kier molecular flexibility index (Phi) is 4.64. The molecule has 1 aromatic carbocycles. The molecule has 0 saturated heterocycles. The van der Waals surface area contributed by atoms with Crippen LogP contribution < -0.4 is 15.2 Å². The number of rotatable bonds is 5. The van der Waals surface area contributed by atoms with Gasteiger partial charge in [0.25, 0.3) is 0 Å². The van der Waals surface area contributed by atoms with Gasteiger partial charge in [0, 0.05) is 6.08 Å². The molecule has 4 heteroatoms. The zero-order valence-corrected chi connectivity index (χ0v) is 9.47. The van der Waals surface area contributed by atoms with Crippen molar-refractivity contribution in [3.05, 3.63) is 29.8 Å². The summed E-state index contributed by atoms with van der Waals surface area (Å²) in [7, 11) is 1.53. The summed E-state index contributed by atoms with van der Waals surface area (Å²) in [6, 6.07) is 5.22. The van der Waals surface area contributed by atoms with Crippen molar-refractivity contribution in [2.24, 2.45) is 5.73 Å². The van der Waals surface area contributed by atoms with Crippen LogP contribution in [-0.2, 0) is 4.79 Å². The van der Waals surface area contributed by atoms with Gasteiger partial charge in [-0.15, -0.1) is 6.42 Å². The van der Waals surface area contributed by atoms with Gasteiger partial charge in [-0.25, -0.2) is 0 Å². The van der Waals surface area contributed by atoms with E-state index < -0.39 is 5.91 Å². The van der Waals surface area contributed by atoms with Gasteiger partial charge in [-0.2, -0.15) is 0 Å². The van der Waals surface area contributed by atoms with Gasteiger partial charge in [0.05, 0.1) is 7.11 Å². The molecule has 0 fully saturated rings. The van der Waals surface area contributed by atoms with E-state index in [-0.39, 0.29) is 6.61 Å². The van der Waals surface area contributed by atoms with Gasteiger partial charge in [-0.05, 0) is 23.8 Å². The number of carbonyl (C=O) groups is 1. The number of amides is 1. The first-order valence-electron chi connectivity index (χ1n) is 4.89. The number of hydrogen-bond acceptors (Lipinski definition) is 3. The van der Waals surface area contributed by atoms with Gasteiger partial charge in [0.1, 0.15) is 6.61 Å². The molecular weight excluding hydrogens is 218 g/mol. The van der Waals surface area contributed by atoms with Crippen LogP contribution >= 0.6 is 0 Å².